The summed E-state index contributed by atoms with van der Waals surface area (Å²) in [6.07, 6.45) is 0. The second-order valence-electron chi connectivity index (χ2n) is 10.4. The molecular formula is C39H22N4O. The molecule has 0 spiro atoms. The Labute approximate surface area is 254 Å². The van der Waals surface area contributed by atoms with E-state index in [0.29, 0.717) is 16.7 Å². The summed E-state index contributed by atoms with van der Waals surface area (Å²) in [6, 6.07) is 50.0. The molecule has 0 amide bonds. The number of hydrogen-bond acceptors (Lipinski definition) is 5. The van der Waals surface area contributed by atoms with E-state index in [9.17, 15) is 15.8 Å². The number of furan rings is 1. The maximum Gasteiger partial charge on any atom is 0.159 e. The number of para-hydroxylation sites is 2. The van der Waals surface area contributed by atoms with Crippen LogP contribution >= 0.6 is 0 Å². The molecule has 1 aromatic heterocycles. The fourth-order valence-corrected chi connectivity index (χ4v) is 5.59. The van der Waals surface area contributed by atoms with Gasteiger partial charge in [-0.2, -0.15) is 15.8 Å². The van der Waals surface area contributed by atoms with E-state index in [1.807, 2.05) is 66.7 Å². The number of nitrogens with zero attached hydrogens (tertiary/aromatic N) is 4. The number of rotatable bonds is 5. The molecule has 0 unspecified atom stereocenters. The van der Waals surface area contributed by atoms with Gasteiger partial charge in [0.05, 0.1) is 28.4 Å². The monoisotopic (exact) mass is 562 g/mol. The molecule has 0 bridgehead atoms. The lowest BCUT2D eigenvalue weighted by Gasteiger charge is -2.26. The van der Waals surface area contributed by atoms with E-state index < -0.39 is 0 Å². The summed E-state index contributed by atoms with van der Waals surface area (Å²) in [5.41, 5.74) is 9.64. The van der Waals surface area contributed by atoms with Crippen molar-refractivity contribution < 1.29 is 4.42 Å². The van der Waals surface area contributed by atoms with Crippen molar-refractivity contribution in [2.75, 3.05) is 4.90 Å². The van der Waals surface area contributed by atoms with Crippen LogP contribution in [0.2, 0.25) is 0 Å². The summed E-state index contributed by atoms with van der Waals surface area (Å²) in [4.78, 5) is 2.18. The van der Waals surface area contributed by atoms with Crippen LogP contribution in [0.5, 0.6) is 0 Å². The van der Waals surface area contributed by atoms with Gasteiger partial charge in [-0.05, 0) is 82.9 Å². The Morgan fingerprint density at radius 1 is 0.477 bits per heavy atom. The summed E-state index contributed by atoms with van der Waals surface area (Å²) in [6.45, 7) is 0. The number of benzene rings is 6. The molecule has 44 heavy (non-hydrogen) atoms. The minimum absolute atomic E-state index is 0.356. The summed E-state index contributed by atoms with van der Waals surface area (Å²) in [5, 5.41) is 30.1. The molecular weight excluding hydrogens is 540 g/mol. The Morgan fingerprint density at radius 3 is 1.68 bits per heavy atom. The van der Waals surface area contributed by atoms with Gasteiger partial charge in [0, 0.05) is 22.1 Å². The van der Waals surface area contributed by atoms with E-state index in [2.05, 4.69) is 77.7 Å². The Morgan fingerprint density at radius 2 is 1.05 bits per heavy atom. The molecule has 7 aromatic rings. The molecule has 5 nitrogen and oxygen atoms in total. The van der Waals surface area contributed by atoms with Crippen LogP contribution in [0.3, 0.4) is 0 Å². The first-order valence-electron chi connectivity index (χ1n) is 14.0. The first-order chi connectivity index (χ1) is 21.7. The molecule has 1 heterocycles. The van der Waals surface area contributed by atoms with E-state index in [0.717, 1.165) is 61.3 Å². The summed E-state index contributed by atoms with van der Waals surface area (Å²) in [5.74, 6) is 0. The third-order valence-electron chi connectivity index (χ3n) is 7.82. The minimum Gasteiger partial charge on any atom is -0.454 e. The van der Waals surface area contributed by atoms with Gasteiger partial charge in [-0.15, -0.1) is 0 Å². The number of nitriles is 3. The van der Waals surface area contributed by atoms with Gasteiger partial charge in [0.25, 0.3) is 0 Å². The highest BCUT2D eigenvalue weighted by Gasteiger charge is 2.19. The van der Waals surface area contributed by atoms with Gasteiger partial charge in [0.1, 0.15) is 17.7 Å². The summed E-state index contributed by atoms with van der Waals surface area (Å²) < 4.78 is 6.44. The Bertz CT molecular complexity index is 2290. The van der Waals surface area contributed by atoms with Crippen molar-refractivity contribution in [1.29, 1.82) is 15.8 Å². The Hall–Kier alpha value is -6.61. The van der Waals surface area contributed by atoms with Crippen LogP contribution in [0.15, 0.2) is 138 Å². The third-order valence-corrected chi connectivity index (χ3v) is 7.82. The van der Waals surface area contributed by atoms with Gasteiger partial charge < -0.3 is 9.32 Å². The van der Waals surface area contributed by atoms with Gasteiger partial charge >= 0.3 is 0 Å². The first-order valence-corrected chi connectivity index (χ1v) is 14.0. The van der Waals surface area contributed by atoms with Crippen molar-refractivity contribution >= 4 is 39.0 Å². The quantitative estimate of drug-likeness (QED) is 0.208. The SMILES string of the molecule is N#Cc1ccc(-c2ccc(N(c3ccc(-c4ccc(C#N)c(C#N)c4)cc3)c3cccc4c3oc3ccccc34)cc2)cc1. The summed E-state index contributed by atoms with van der Waals surface area (Å²) >= 11 is 0. The molecule has 0 radical (unpaired) electrons. The normalized spacial score (nSPS) is 10.7. The molecule has 0 aliphatic carbocycles. The van der Waals surface area contributed by atoms with Crippen LogP contribution in [-0.4, -0.2) is 0 Å². The van der Waals surface area contributed by atoms with E-state index >= 15 is 0 Å². The molecule has 0 aliphatic heterocycles. The average molecular weight is 563 g/mol. The molecule has 0 saturated carbocycles. The lowest BCUT2D eigenvalue weighted by atomic mass is 9.99. The summed E-state index contributed by atoms with van der Waals surface area (Å²) in [7, 11) is 0. The van der Waals surface area contributed by atoms with Gasteiger partial charge in [0.15, 0.2) is 5.58 Å². The topological polar surface area (TPSA) is 87.8 Å². The Balaban J connectivity index is 1.35. The van der Waals surface area contributed by atoms with Crippen molar-refractivity contribution in [3.63, 3.8) is 0 Å². The maximum atomic E-state index is 9.52. The highest BCUT2D eigenvalue weighted by Crippen LogP contribution is 2.42. The predicted octanol–water partition coefficient (Wildman–Crippen LogP) is 10.0. The van der Waals surface area contributed by atoms with Crippen LogP contribution in [0.25, 0.3) is 44.2 Å². The largest absolute Gasteiger partial charge is 0.454 e. The number of hydrogen-bond donors (Lipinski definition) is 0. The van der Waals surface area contributed by atoms with Crippen LogP contribution in [0, 0.1) is 34.0 Å². The number of fused-ring (bicyclic) bond motifs is 3. The zero-order valence-electron chi connectivity index (χ0n) is 23.4. The standard InChI is InChI=1S/C39H22N4O/c40-23-26-8-10-27(11-9-26)28-14-18-33(19-15-28)43(37-6-3-5-36-35-4-1-2-7-38(35)44-39(36)37)34-20-16-29(17-21-34)30-12-13-31(24-41)32(22-30)25-42/h1-22H. The highest BCUT2D eigenvalue weighted by atomic mass is 16.3. The lowest BCUT2D eigenvalue weighted by Crippen LogP contribution is -2.10. The van der Waals surface area contributed by atoms with Crippen LogP contribution in [-0.2, 0) is 0 Å². The molecule has 0 saturated heterocycles. The minimum atomic E-state index is 0.356. The zero-order chi connectivity index (χ0) is 30.0. The van der Waals surface area contributed by atoms with Gasteiger partial charge in [0.2, 0.25) is 0 Å². The van der Waals surface area contributed by atoms with E-state index in [4.69, 9.17) is 4.42 Å². The second kappa shape index (κ2) is 11.0. The van der Waals surface area contributed by atoms with Gasteiger partial charge in [-0.25, -0.2) is 0 Å². The Kier molecular flexibility index (Phi) is 6.57. The smallest absolute Gasteiger partial charge is 0.159 e. The molecule has 0 atom stereocenters. The van der Waals surface area contributed by atoms with Crippen LogP contribution in [0.1, 0.15) is 16.7 Å². The van der Waals surface area contributed by atoms with E-state index in [1.54, 1.807) is 12.1 Å². The van der Waals surface area contributed by atoms with Crippen molar-refractivity contribution in [3.05, 3.63) is 150 Å². The van der Waals surface area contributed by atoms with E-state index in [1.165, 1.54) is 0 Å². The average Bonchev–Trinajstić information content (AvgIpc) is 3.48. The second-order valence-corrected chi connectivity index (χ2v) is 10.4. The fourth-order valence-electron chi connectivity index (χ4n) is 5.59. The molecule has 5 heteroatoms. The molecule has 0 aliphatic rings. The van der Waals surface area contributed by atoms with Crippen molar-refractivity contribution in [3.8, 4) is 40.5 Å². The third kappa shape index (κ3) is 4.60. The van der Waals surface area contributed by atoms with Crippen LogP contribution < -0.4 is 4.90 Å². The van der Waals surface area contributed by atoms with Crippen LogP contribution in [0.4, 0.5) is 17.1 Å². The van der Waals surface area contributed by atoms with Crippen molar-refractivity contribution in [1.82, 2.24) is 0 Å². The van der Waals surface area contributed by atoms with Gasteiger partial charge in [-0.1, -0.05) is 72.8 Å². The van der Waals surface area contributed by atoms with Crippen molar-refractivity contribution in [2.24, 2.45) is 0 Å². The predicted molar refractivity (Wildman–Crippen MR) is 173 cm³/mol. The molecule has 6 aromatic carbocycles. The molecule has 0 fully saturated rings. The zero-order valence-corrected chi connectivity index (χ0v) is 23.4. The number of anilines is 3. The lowest BCUT2D eigenvalue weighted by molar-refractivity contribution is 0.669. The molecule has 0 N–H and O–H groups in total. The van der Waals surface area contributed by atoms with E-state index in [-0.39, 0.29) is 0 Å². The molecule has 204 valence electrons. The fraction of sp³-hybridized carbons (Fsp3) is 0. The maximum absolute atomic E-state index is 9.52. The van der Waals surface area contributed by atoms with Gasteiger partial charge in [-0.3, -0.25) is 0 Å². The first kappa shape index (κ1) is 26.3. The highest BCUT2D eigenvalue weighted by molar-refractivity contribution is 6.10. The molecule has 7 rings (SSSR count). The van der Waals surface area contributed by atoms with Crippen molar-refractivity contribution in [2.45, 2.75) is 0 Å².